The third-order valence-electron chi connectivity index (χ3n) is 4.14. The first kappa shape index (κ1) is 13.8. The van der Waals surface area contributed by atoms with Gasteiger partial charge in [0, 0.05) is 31.7 Å². The molecule has 1 unspecified atom stereocenters. The Bertz CT molecular complexity index is 751. The first-order valence-corrected chi connectivity index (χ1v) is 7.32. The molecule has 1 fully saturated rings. The number of likely N-dealkylation sites (tertiary alicyclic amines) is 1. The zero-order valence-corrected chi connectivity index (χ0v) is 12.4. The molecule has 0 radical (unpaired) electrons. The molecule has 110 valence electrons. The molecule has 0 saturated carbocycles. The summed E-state index contributed by atoms with van der Waals surface area (Å²) in [6.45, 7) is 3.60. The Labute approximate surface area is 123 Å². The molecule has 1 atom stereocenters. The van der Waals surface area contributed by atoms with Gasteiger partial charge in [-0.2, -0.15) is 0 Å². The summed E-state index contributed by atoms with van der Waals surface area (Å²) < 4.78 is 1.45. The Kier molecular flexibility index (Phi) is 3.49. The van der Waals surface area contributed by atoms with Gasteiger partial charge in [-0.05, 0) is 37.0 Å². The number of aryl methyl sites for hydroxylation is 1. The van der Waals surface area contributed by atoms with Crippen molar-refractivity contribution in [1.29, 1.82) is 0 Å². The van der Waals surface area contributed by atoms with Gasteiger partial charge in [0.2, 0.25) is 0 Å². The van der Waals surface area contributed by atoms with Crippen LogP contribution in [0.1, 0.15) is 30.1 Å². The number of carbonyl (C=O) groups is 1. The van der Waals surface area contributed by atoms with E-state index < -0.39 is 0 Å². The number of fused-ring (bicyclic) bond motifs is 1. The molecule has 0 bridgehead atoms. The second-order valence-electron chi connectivity index (χ2n) is 5.84. The summed E-state index contributed by atoms with van der Waals surface area (Å²) in [5, 5.41) is 0.813. The molecule has 1 aliphatic heterocycles. The van der Waals surface area contributed by atoms with Crippen molar-refractivity contribution in [2.75, 3.05) is 13.1 Å². The molecule has 1 aliphatic rings. The monoisotopic (exact) mass is 285 g/mol. The number of hydrogen-bond donors (Lipinski definition) is 0. The van der Waals surface area contributed by atoms with Crippen LogP contribution in [0.2, 0.25) is 0 Å². The van der Waals surface area contributed by atoms with Crippen LogP contribution in [0.3, 0.4) is 0 Å². The van der Waals surface area contributed by atoms with Crippen molar-refractivity contribution in [3.05, 3.63) is 40.3 Å². The lowest BCUT2D eigenvalue weighted by molar-refractivity contribution is 0.0681. The lowest BCUT2D eigenvalue weighted by Gasteiger charge is -2.30. The summed E-state index contributed by atoms with van der Waals surface area (Å²) in [5.74, 6) is 0.335. The molecule has 1 amide bonds. The fourth-order valence-electron chi connectivity index (χ4n) is 2.99. The van der Waals surface area contributed by atoms with Crippen LogP contribution in [-0.4, -0.2) is 33.4 Å². The molecule has 3 heterocycles. The van der Waals surface area contributed by atoms with Crippen molar-refractivity contribution in [2.45, 2.75) is 19.8 Å². The molecule has 2 aromatic rings. The first-order valence-electron chi connectivity index (χ1n) is 7.32. The van der Waals surface area contributed by atoms with Crippen molar-refractivity contribution in [3.8, 4) is 0 Å². The van der Waals surface area contributed by atoms with Crippen LogP contribution in [0.15, 0.2) is 29.2 Å². The summed E-state index contributed by atoms with van der Waals surface area (Å²) in [4.78, 5) is 31.1. The molecular formula is C16H19N3O2. The molecule has 0 N–H and O–H groups in total. The van der Waals surface area contributed by atoms with Gasteiger partial charge < -0.3 is 4.90 Å². The zero-order chi connectivity index (χ0) is 15.0. The van der Waals surface area contributed by atoms with Crippen LogP contribution in [0.4, 0.5) is 0 Å². The fraction of sp³-hybridized carbons (Fsp3) is 0.438. The first-order chi connectivity index (χ1) is 10.1. The van der Waals surface area contributed by atoms with Gasteiger partial charge >= 0.3 is 0 Å². The van der Waals surface area contributed by atoms with Crippen molar-refractivity contribution in [1.82, 2.24) is 14.5 Å². The van der Waals surface area contributed by atoms with Gasteiger partial charge in [-0.25, -0.2) is 4.98 Å². The maximum atomic E-state index is 12.7. The number of nitrogens with zero attached hydrogens (tertiary/aromatic N) is 3. The van der Waals surface area contributed by atoms with E-state index in [4.69, 9.17) is 0 Å². The molecule has 0 aromatic carbocycles. The number of rotatable bonds is 1. The topological polar surface area (TPSA) is 55.2 Å². The van der Waals surface area contributed by atoms with E-state index in [0.29, 0.717) is 11.6 Å². The van der Waals surface area contributed by atoms with E-state index in [1.807, 2.05) is 12.1 Å². The minimum absolute atomic E-state index is 0.159. The highest BCUT2D eigenvalue weighted by Crippen LogP contribution is 2.18. The van der Waals surface area contributed by atoms with Crippen molar-refractivity contribution in [3.63, 3.8) is 0 Å². The summed E-state index contributed by atoms with van der Waals surface area (Å²) >= 11 is 0. The summed E-state index contributed by atoms with van der Waals surface area (Å²) in [7, 11) is 1.66. The number of carbonyl (C=O) groups excluding carboxylic acids is 1. The number of hydrogen-bond acceptors (Lipinski definition) is 3. The second kappa shape index (κ2) is 5.31. The van der Waals surface area contributed by atoms with Crippen LogP contribution in [0.25, 0.3) is 11.0 Å². The third-order valence-corrected chi connectivity index (χ3v) is 4.14. The van der Waals surface area contributed by atoms with Gasteiger partial charge in [-0.3, -0.25) is 14.2 Å². The van der Waals surface area contributed by atoms with E-state index in [0.717, 1.165) is 31.3 Å². The number of amides is 1. The van der Waals surface area contributed by atoms with Gasteiger partial charge in [0.1, 0.15) is 11.2 Å². The largest absolute Gasteiger partial charge is 0.338 e. The number of aromatic nitrogens is 2. The van der Waals surface area contributed by atoms with Crippen molar-refractivity contribution in [2.24, 2.45) is 13.0 Å². The Morgan fingerprint density at radius 3 is 3.00 bits per heavy atom. The number of piperidine rings is 1. The third kappa shape index (κ3) is 2.44. The Hall–Kier alpha value is -2.17. The maximum Gasteiger partial charge on any atom is 0.264 e. The standard InChI is InChI=1S/C16H19N3O2/c1-11-5-4-8-19(10-11)16(21)13-9-12-6-3-7-17-14(12)18(2)15(13)20/h3,6-7,9,11H,4-5,8,10H2,1-2H3. The zero-order valence-electron chi connectivity index (χ0n) is 12.4. The predicted octanol–water partition coefficient (Wildman–Crippen LogP) is 1.81. The lowest BCUT2D eigenvalue weighted by atomic mass is 9.99. The highest BCUT2D eigenvalue weighted by molar-refractivity contribution is 5.96. The van der Waals surface area contributed by atoms with Gasteiger partial charge in [-0.15, -0.1) is 0 Å². The van der Waals surface area contributed by atoms with Gasteiger partial charge in [-0.1, -0.05) is 6.92 Å². The predicted molar refractivity (Wildman–Crippen MR) is 81.3 cm³/mol. The Balaban J connectivity index is 2.06. The molecule has 5 heteroatoms. The maximum absolute atomic E-state index is 12.7. The molecular weight excluding hydrogens is 266 g/mol. The van der Waals surface area contributed by atoms with Crippen LogP contribution in [0.5, 0.6) is 0 Å². The van der Waals surface area contributed by atoms with Crippen molar-refractivity contribution < 1.29 is 4.79 Å². The molecule has 3 rings (SSSR count). The van der Waals surface area contributed by atoms with E-state index in [2.05, 4.69) is 11.9 Å². The van der Waals surface area contributed by atoms with E-state index in [-0.39, 0.29) is 17.0 Å². The minimum Gasteiger partial charge on any atom is -0.338 e. The van der Waals surface area contributed by atoms with E-state index in [1.54, 1.807) is 24.2 Å². The average molecular weight is 285 g/mol. The molecule has 0 spiro atoms. The van der Waals surface area contributed by atoms with Crippen LogP contribution in [-0.2, 0) is 7.05 Å². The molecule has 1 saturated heterocycles. The van der Waals surface area contributed by atoms with E-state index in [1.165, 1.54) is 4.57 Å². The molecule has 21 heavy (non-hydrogen) atoms. The fourth-order valence-corrected chi connectivity index (χ4v) is 2.99. The van der Waals surface area contributed by atoms with Gasteiger partial charge in [0.15, 0.2) is 0 Å². The minimum atomic E-state index is -0.274. The quantitative estimate of drug-likeness (QED) is 0.803. The number of pyridine rings is 2. The van der Waals surface area contributed by atoms with Gasteiger partial charge in [0.25, 0.3) is 11.5 Å². The van der Waals surface area contributed by atoms with Crippen LogP contribution in [0, 0.1) is 5.92 Å². The van der Waals surface area contributed by atoms with E-state index >= 15 is 0 Å². The summed E-state index contributed by atoms with van der Waals surface area (Å²) in [6, 6.07) is 5.35. The highest BCUT2D eigenvalue weighted by atomic mass is 16.2. The SMILES string of the molecule is CC1CCCN(C(=O)c2cc3cccnc3n(C)c2=O)C1. The molecule has 2 aromatic heterocycles. The van der Waals surface area contributed by atoms with Crippen molar-refractivity contribution >= 4 is 16.9 Å². The Morgan fingerprint density at radius 2 is 2.24 bits per heavy atom. The Morgan fingerprint density at radius 1 is 1.43 bits per heavy atom. The van der Waals surface area contributed by atoms with Crippen LogP contribution < -0.4 is 5.56 Å². The normalized spacial score (nSPS) is 19.0. The molecule has 5 nitrogen and oxygen atoms in total. The highest BCUT2D eigenvalue weighted by Gasteiger charge is 2.24. The second-order valence-corrected chi connectivity index (χ2v) is 5.84. The summed E-state index contributed by atoms with van der Waals surface area (Å²) in [6.07, 6.45) is 3.79. The lowest BCUT2D eigenvalue weighted by Crippen LogP contribution is -2.41. The molecule has 0 aliphatic carbocycles. The smallest absolute Gasteiger partial charge is 0.264 e. The van der Waals surface area contributed by atoms with E-state index in [9.17, 15) is 9.59 Å². The summed E-state index contributed by atoms with van der Waals surface area (Å²) in [5.41, 5.74) is 0.572. The van der Waals surface area contributed by atoms with Crippen LogP contribution >= 0.6 is 0 Å². The van der Waals surface area contributed by atoms with Gasteiger partial charge in [0.05, 0.1) is 0 Å². The average Bonchev–Trinajstić information content (AvgIpc) is 2.50.